The predicted molar refractivity (Wildman–Crippen MR) is 103 cm³/mol. The molecule has 2 aromatic rings. The van der Waals surface area contributed by atoms with E-state index in [-0.39, 0.29) is 17.2 Å². The van der Waals surface area contributed by atoms with Crippen molar-refractivity contribution < 1.29 is 14.3 Å². The quantitative estimate of drug-likeness (QED) is 0.588. The lowest BCUT2D eigenvalue weighted by molar-refractivity contribution is 0.134. The van der Waals surface area contributed by atoms with E-state index in [9.17, 15) is 5.11 Å². The Hall–Kier alpha value is -1.62. The van der Waals surface area contributed by atoms with Crippen LogP contribution >= 0.6 is 0 Å². The summed E-state index contributed by atoms with van der Waals surface area (Å²) in [7, 11) is -1.97. The van der Waals surface area contributed by atoms with Crippen LogP contribution in [0.1, 0.15) is 44.1 Å². The standard InChI is InChI=1S/C21H28O3Si/c1-21(2,3)25(4,5)24-17-14-10-9-13-16(17)18(22)20-19(23-20)15-11-7-6-8-12-15/h6-14,18-20,22H,1-5H3/t18?,19?,20-/m0/s1. The largest absolute Gasteiger partial charge is 0.543 e. The van der Waals surface area contributed by atoms with Crippen molar-refractivity contribution in [2.24, 2.45) is 0 Å². The lowest BCUT2D eigenvalue weighted by Crippen LogP contribution is -2.44. The first-order chi connectivity index (χ1) is 11.7. The molecule has 0 bridgehead atoms. The molecule has 0 radical (unpaired) electrons. The van der Waals surface area contributed by atoms with Crippen molar-refractivity contribution in [1.29, 1.82) is 0 Å². The molecule has 4 heteroatoms. The summed E-state index contributed by atoms with van der Waals surface area (Å²) in [4.78, 5) is 0. The fourth-order valence-corrected chi connectivity index (χ4v) is 3.74. The topological polar surface area (TPSA) is 42.0 Å². The lowest BCUT2D eigenvalue weighted by atomic mass is 10.0. The number of ether oxygens (including phenoxy) is 1. The van der Waals surface area contributed by atoms with E-state index >= 15 is 0 Å². The highest BCUT2D eigenvalue weighted by molar-refractivity contribution is 6.74. The maximum atomic E-state index is 10.9. The van der Waals surface area contributed by atoms with E-state index in [2.05, 4.69) is 33.9 Å². The second-order valence-corrected chi connectivity index (χ2v) is 13.0. The van der Waals surface area contributed by atoms with Crippen LogP contribution < -0.4 is 4.43 Å². The molecule has 3 atom stereocenters. The van der Waals surface area contributed by atoms with Crippen molar-refractivity contribution in [2.45, 2.75) is 57.2 Å². The first-order valence-corrected chi connectivity index (χ1v) is 11.8. The maximum absolute atomic E-state index is 10.9. The molecular weight excluding hydrogens is 328 g/mol. The normalized spacial score (nSPS) is 21.7. The van der Waals surface area contributed by atoms with E-state index in [1.54, 1.807) is 0 Å². The minimum Gasteiger partial charge on any atom is -0.543 e. The molecule has 0 amide bonds. The number of aliphatic hydroxyl groups excluding tert-OH is 1. The van der Waals surface area contributed by atoms with Crippen LogP contribution in [-0.2, 0) is 4.74 Å². The van der Waals surface area contributed by atoms with E-state index < -0.39 is 14.4 Å². The van der Waals surface area contributed by atoms with Gasteiger partial charge < -0.3 is 14.3 Å². The summed E-state index contributed by atoms with van der Waals surface area (Å²) < 4.78 is 12.2. The third-order valence-electron chi connectivity index (χ3n) is 5.37. The molecule has 1 heterocycles. The highest BCUT2D eigenvalue weighted by Gasteiger charge is 2.47. The van der Waals surface area contributed by atoms with Gasteiger partial charge in [-0.15, -0.1) is 0 Å². The van der Waals surface area contributed by atoms with E-state index in [4.69, 9.17) is 9.16 Å². The molecule has 1 aliphatic rings. The molecule has 0 spiro atoms. The summed E-state index contributed by atoms with van der Waals surface area (Å²) in [6, 6.07) is 17.8. The highest BCUT2D eigenvalue weighted by Crippen LogP contribution is 2.48. The minimum atomic E-state index is -1.97. The van der Waals surface area contributed by atoms with Gasteiger partial charge in [-0.2, -0.15) is 0 Å². The zero-order valence-corrected chi connectivity index (χ0v) is 16.7. The Morgan fingerprint density at radius 2 is 1.60 bits per heavy atom. The lowest BCUT2D eigenvalue weighted by Gasteiger charge is -2.37. The van der Waals surface area contributed by atoms with Gasteiger partial charge >= 0.3 is 0 Å². The van der Waals surface area contributed by atoms with Crippen molar-refractivity contribution in [1.82, 2.24) is 0 Å². The second kappa shape index (κ2) is 6.59. The monoisotopic (exact) mass is 356 g/mol. The Morgan fingerprint density at radius 3 is 2.24 bits per heavy atom. The fourth-order valence-electron chi connectivity index (χ4n) is 2.70. The van der Waals surface area contributed by atoms with Gasteiger partial charge in [0.25, 0.3) is 0 Å². The zero-order valence-electron chi connectivity index (χ0n) is 15.7. The Bertz CT molecular complexity index is 721. The summed E-state index contributed by atoms with van der Waals surface area (Å²) in [6.07, 6.45) is -0.949. The van der Waals surface area contributed by atoms with E-state index in [0.717, 1.165) is 16.9 Å². The summed E-state index contributed by atoms with van der Waals surface area (Å²) in [5.74, 6) is 0.781. The molecule has 3 rings (SSSR count). The fraction of sp³-hybridized carbons (Fsp3) is 0.429. The highest BCUT2D eigenvalue weighted by atomic mass is 28.4. The number of para-hydroxylation sites is 1. The van der Waals surface area contributed by atoms with Crippen LogP contribution in [0, 0.1) is 0 Å². The van der Waals surface area contributed by atoms with Crippen molar-refractivity contribution in [2.75, 3.05) is 0 Å². The first-order valence-electron chi connectivity index (χ1n) is 8.87. The molecule has 0 aromatic heterocycles. The van der Waals surface area contributed by atoms with Gasteiger partial charge in [-0.05, 0) is 29.8 Å². The van der Waals surface area contributed by atoms with Crippen molar-refractivity contribution in [3.63, 3.8) is 0 Å². The molecule has 3 nitrogen and oxygen atoms in total. The molecule has 0 aliphatic carbocycles. The molecule has 1 fully saturated rings. The summed E-state index contributed by atoms with van der Waals surface area (Å²) in [5.41, 5.74) is 1.92. The zero-order chi connectivity index (χ0) is 18.2. The average Bonchev–Trinajstić information content (AvgIpc) is 3.35. The predicted octanol–water partition coefficient (Wildman–Crippen LogP) is 5.24. The maximum Gasteiger partial charge on any atom is 0.250 e. The van der Waals surface area contributed by atoms with Crippen molar-refractivity contribution in [3.8, 4) is 5.75 Å². The molecule has 2 unspecified atom stereocenters. The van der Waals surface area contributed by atoms with Crippen LogP contribution in [-0.4, -0.2) is 19.5 Å². The number of aliphatic hydroxyl groups is 1. The van der Waals surface area contributed by atoms with Crippen LogP contribution in [0.25, 0.3) is 0 Å². The summed E-state index contributed by atoms with van der Waals surface area (Å²) >= 11 is 0. The molecular formula is C21H28O3Si. The van der Waals surface area contributed by atoms with Gasteiger partial charge in [0.2, 0.25) is 8.32 Å². The average molecular weight is 357 g/mol. The summed E-state index contributed by atoms with van der Waals surface area (Å²) in [6.45, 7) is 11.1. The van der Waals surface area contributed by atoms with E-state index in [0.29, 0.717) is 0 Å². The number of rotatable bonds is 5. The van der Waals surface area contributed by atoms with Crippen LogP contribution in [0.15, 0.2) is 54.6 Å². The summed E-state index contributed by atoms with van der Waals surface area (Å²) in [5, 5.41) is 11.0. The van der Waals surface area contributed by atoms with Crippen LogP contribution in [0.4, 0.5) is 0 Å². The third kappa shape index (κ3) is 3.81. The van der Waals surface area contributed by atoms with Gasteiger partial charge in [0.15, 0.2) is 0 Å². The van der Waals surface area contributed by atoms with Gasteiger partial charge in [0, 0.05) is 5.56 Å². The Kier molecular flexibility index (Phi) is 4.79. The molecule has 2 aromatic carbocycles. The smallest absolute Gasteiger partial charge is 0.250 e. The Balaban J connectivity index is 1.80. The van der Waals surface area contributed by atoms with Crippen molar-refractivity contribution >= 4 is 8.32 Å². The number of epoxide rings is 1. The molecule has 1 saturated heterocycles. The van der Waals surface area contributed by atoms with Gasteiger partial charge in [0.05, 0.1) is 0 Å². The van der Waals surface area contributed by atoms with E-state index in [1.807, 2.05) is 54.6 Å². The molecule has 134 valence electrons. The van der Waals surface area contributed by atoms with Gasteiger partial charge in [-0.25, -0.2) is 0 Å². The Morgan fingerprint density at radius 1 is 1.00 bits per heavy atom. The first kappa shape index (κ1) is 18.2. The minimum absolute atomic E-state index is 0.0443. The van der Waals surface area contributed by atoms with Crippen molar-refractivity contribution in [3.05, 3.63) is 65.7 Å². The van der Waals surface area contributed by atoms with E-state index in [1.165, 1.54) is 0 Å². The molecule has 1 aliphatic heterocycles. The van der Waals surface area contributed by atoms with Gasteiger partial charge in [-0.1, -0.05) is 69.3 Å². The molecule has 1 N–H and O–H groups in total. The second-order valence-electron chi connectivity index (χ2n) is 8.28. The number of hydrogen-bond acceptors (Lipinski definition) is 3. The number of benzene rings is 2. The SMILES string of the molecule is CC(C)(C)[Si](C)(C)Oc1ccccc1C(O)[C@@H]1OC1c1ccccc1. The molecule has 25 heavy (non-hydrogen) atoms. The van der Waals surface area contributed by atoms with Crippen LogP contribution in [0.5, 0.6) is 5.75 Å². The molecule has 0 saturated carbocycles. The van der Waals surface area contributed by atoms with Crippen LogP contribution in [0.2, 0.25) is 18.1 Å². The number of hydrogen-bond donors (Lipinski definition) is 1. The Labute approximate surface area is 151 Å². The third-order valence-corrected chi connectivity index (χ3v) is 9.72. The van der Waals surface area contributed by atoms with Gasteiger partial charge in [-0.3, -0.25) is 0 Å². The van der Waals surface area contributed by atoms with Gasteiger partial charge in [0.1, 0.15) is 24.1 Å². The van der Waals surface area contributed by atoms with Crippen LogP contribution in [0.3, 0.4) is 0 Å².